The summed E-state index contributed by atoms with van der Waals surface area (Å²) in [4.78, 5) is 10.9. The summed E-state index contributed by atoms with van der Waals surface area (Å²) in [5.41, 5.74) is 5.38. The van der Waals surface area contributed by atoms with Crippen LogP contribution in [0.25, 0.3) is 0 Å². The largest absolute Gasteiger partial charge is 0.492 e. The molecule has 0 spiro atoms. The Kier molecular flexibility index (Phi) is 4.37. The average Bonchev–Trinajstić information content (AvgIpc) is 2.26. The highest BCUT2D eigenvalue weighted by molar-refractivity contribution is 6.31. The smallest absolute Gasteiger partial charge is 0.312 e. The van der Waals surface area contributed by atoms with Gasteiger partial charge in [-0.2, -0.15) is 0 Å². The van der Waals surface area contributed by atoms with Gasteiger partial charge >= 0.3 is 5.97 Å². The van der Waals surface area contributed by atoms with Crippen molar-refractivity contribution in [1.82, 2.24) is 0 Å². The Bertz CT molecular complexity index is 418. The molecule has 0 aliphatic heterocycles. The minimum absolute atomic E-state index is 0.0840. The van der Waals surface area contributed by atoms with Crippen LogP contribution in [0.5, 0.6) is 5.75 Å². The second-order valence-corrected chi connectivity index (χ2v) is 4.84. The van der Waals surface area contributed by atoms with Gasteiger partial charge in [0.25, 0.3) is 0 Å². The van der Waals surface area contributed by atoms with Gasteiger partial charge in [-0.25, -0.2) is 0 Å². The number of halogens is 1. The van der Waals surface area contributed by atoms with E-state index in [9.17, 15) is 4.79 Å². The topological polar surface area (TPSA) is 72.5 Å². The first-order valence-corrected chi connectivity index (χ1v) is 5.59. The predicted octanol–water partition coefficient (Wildman–Crippen LogP) is 2.29. The van der Waals surface area contributed by atoms with Gasteiger partial charge in [0.2, 0.25) is 0 Å². The number of ether oxygens (including phenoxy) is 1. The second-order valence-electron chi connectivity index (χ2n) is 4.44. The van der Waals surface area contributed by atoms with Gasteiger partial charge in [-0.15, -0.1) is 0 Å². The van der Waals surface area contributed by atoms with Gasteiger partial charge in [0.05, 0.1) is 5.41 Å². The molecule has 17 heavy (non-hydrogen) atoms. The molecule has 0 aromatic heterocycles. The van der Waals surface area contributed by atoms with Crippen LogP contribution >= 0.6 is 11.6 Å². The highest BCUT2D eigenvalue weighted by Gasteiger charge is 2.28. The monoisotopic (exact) mass is 257 g/mol. The van der Waals surface area contributed by atoms with Crippen LogP contribution in [0.15, 0.2) is 18.2 Å². The molecule has 0 saturated heterocycles. The summed E-state index contributed by atoms with van der Waals surface area (Å²) in [6, 6.07) is 5.14. The summed E-state index contributed by atoms with van der Waals surface area (Å²) in [6.07, 6.45) is 0. The summed E-state index contributed by atoms with van der Waals surface area (Å²) >= 11 is 5.97. The van der Waals surface area contributed by atoms with E-state index in [-0.39, 0.29) is 6.61 Å². The number of carboxylic acid groups (broad SMARTS) is 1. The highest BCUT2D eigenvalue weighted by atomic mass is 35.5. The first-order chi connectivity index (χ1) is 7.86. The Morgan fingerprint density at radius 1 is 1.53 bits per heavy atom. The quantitative estimate of drug-likeness (QED) is 0.849. The van der Waals surface area contributed by atoms with E-state index in [1.54, 1.807) is 32.0 Å². The summed E-state index contributed by atoms with van der Waals surface area (Å²) in [5.74, 6) is -0.358. The molecule has 0 aliphatic carbocycles. The minimum atomic E-state index is -0.932. The van der Waals surface area contributed by atoms with E-state index < -0.39 is 11.4 Å². The molecule has 0 radical (unpaired) electrons. The molecule has 0 heterocycles. The van der Waals surface area contributed by atoms with Crippen LogP contribution in [0.3, 0.4) is 0 Å². The van der Waals surface area contributed by atoms with Crippen molar-refractivity contribution in [2.45, 2.75) is 20.4 Å². The lowest BCUT2D eigenvalue weighted by Gasteiger charge is -2.19. The normalized spacial score (nSPS) is 11.3. The molecule has 1 rings (SSSR count). The van der Waals surface area contributed by atoms with Gasteiger partial charge < -0.3 is 15.6 Å². The third-order valence-corrected chi connectivity index (χ3v) is 2.77. The number of aliphatic carboxylic acids is 1. The van der Waals surface area contributed by atoms with Crippen molar-refractivity contribution in [3.63, 3.8) is 0 Å². The van der Waals surface area contributed by atoms with Gasteiger partial charge in [0, 0.05) is 11.6 Å². The first-order valence-electron chi connectivity index (χ1n) is 5.21. The third-order valence-electron chi connectivity index (χ3n) is 2.42. The van der Waals surface area contributed by atoms with E-state index in [0.717, 1.165) is 5.56 Å². The number of benzene rings is 1. The summed E-state index contributed by atoms with van der Waals surface area (Å²) in [6.45, 7) is 3.65. The molecular formula is C12H16ClNO3. The molecule has 0 aliphatic rings. The minimum Gasteiger partial charge on any atom is -0.492 e. The number of nitrogens with two attached hydrogens (primary N) is 1. The number of carbonyl (C=O) groups is 1. The highest BCUT2D eigenvalue weighted by Crippen LogP contribution is 2.24. The Hall–Kier alpha value is -1.26. The maximum atomic E-state index is 10.9. The van der Waals surface area contributed by atoms with Crippen LogP contribution in [-0.4, -0.2) is 17.7 Å². The molecule has 1 aromatic carbocycles. The summed E-state index contributed by atoms with van der Waals surface area (Å²) in [7, 11) is 0. The van der Waals surface area contributed by atoms with E-state index in [2.05, 4.69) is 0 Å². The van der Waals surface area contributed by atoms with Crippen molar-refractivity contribution in [2.24, 2.45) is 11.1 Å². The van der Waals surface area contributed by atoms with E-state index in [4.69, 9.17) is 27.2 Å². The molecule has 0 saturated carbocycles. The average molecular weight is 258 g/mol. The molecule has 0 fully saturated rings. The predicted molar refractivity (Wildman–Crippen MR) is 66.3 cm³/mol. The fourth-order valence-electron chi connectivity index (χ4n) is 1.11. The van der Waals surface area contributed by atoms with E-state index in [1.165, 1.54) is 0 Å². The van der Waals surface area contributed by atoms with Crippen LogP contribution in [0.1, 0.15) is 19.4 Å². The molecule has 4 nitrogen and oxygen atoms in total. The van der Waals surface area contributed by atoms with Crippen molar-refractivity contribution in [1.29, 1.82) is 0 Å². The first kappa shape index (κ1) is 13.8. The van der Waals surface area contributed by atoms with E-state index in [0.29, 0.717) is 17.3 Å². The zero-order valence-electron chi connectivity index (χ0n) is 9.87. The van der Waals surface area contributed by atoms with Crippen LogP contribution in [0.4, 0.5) is 0 Å². The summed E-state index contributed by atoms with van der Waals surface area (Å²) in [5, 5.41) is 9.46. The number of hydrogen-bond donors (Lipinski definition) is 2. The number of hydrogen-bond acceptors (Lipinski definition) is 3. The lowest BCUT2D eigenvalue weighted by molar-refractivity contribution is -0.148. The van der Waals surface area contributed by atoms with Crippen LogP contribution in [0, 0.1) is 5.41 Å². The zero-order valence-corrected chi connectivity index (χ0v) is 10.6. The third kappa shape index (κ3) is 3.61. The van der Waals surface area contributed by atoms with Gasteiger partial charge in [-0.3, -0.25) is 4.79 Å². The van der Waals surface area contributed by atoms with Crippen LogP contribution < -0.4 is 10.5 Å². The maximum absolute atomic E-state index is 10.9. The number of carboxylic acids is 1. The van der Waals surface area contributed by atoms with Crippen molar-refractivity contribution < 1.29 is 14.6 Å². The molecule has 0 atom stereocenters. The zero-order chi connectivity index (χ0) is 13.1. The molecule has 0 unspecified atom stereocenters. The molecule has 0 amide bonds. The Morgan fingerprint density at radius 3 is 2.65 bits per heavy atom. The second kappa shape index (κ2) is 5.38. The van der Waals surface area contributed by atoms with Gasteiger partial charge in [0.15, 0.2) is 0 Å². The molecule has 5 heteroatoms. The standard InChI is InChI=1S/C12H16ClNO3/c1-12(2,11(15)16)7-17-9-4-3-8(6-14)10(13)5-9/h3-5H,6-7,14H2,1-2H3,(H,15,16). The van der Waals surface area contributed by atoms with Crippen LogP contribution in [-0.2, 0) is 11.3 Å². The van der Waals surface area contributed by atoms with E-state index in [1.807, 2.05) is 0 Å². The molecule has 3 N–H and O–H groups in total. The van der Waals surface area contributed by atoms with Crippen molar-refractivity contribution in [3.8, 4) is 5.75 Å². The Balaban J connectivity index is 2.71. The molecule has 0 bridgehead atoms. The molecular weight excluding hydrogens is 242 g/mol. The van der Waals surface area contributed by atoms with Crippen molar-refractivity contribution >= 4 is 17.6 Å². The lowest BCUT2D eigenvalue weighted by Crippen LogP contribution is -2.30. The molecule has 1 aromatic rings. The van der Waals surface area contributed by atoms with Crippen molar-refractivity contribution in [2.75, 3.05) is 6.61 Å². The Morgan fingerprint density at radius 2 is 2.18 bits per heavy atom. The fraction of sp³-hybridized carbons (Fsp3) is 0.417. The molecule has 94 valence electrons. The van der Waals surface area contributed by atoms with Crippen molar-refractivity contribution in [3.05, 3.63) is 28.8 Å². The van der Waals surface area contributed by atoms with Gasteiger partial charge in [0.1, 0.15) is 12.4 Å². The maximum Gasteiger partial charge on any atom is 0.312 e. The van der Waals surface area contributed by atoms with E-state index >= 15 is 0 Å². The lowest BCUT2D eigenvalue weighted by atomic mass is 9.95. The Labute approximate surface area is 105 Å². The fourth-order valence-corrected chi connectivity index (χ4v) is 1.36. The van der Waals surface area contributed by atoms with Crippen LogP contribution in [0.2, 0.25) is 5.02 Å². The van der Waals surface area contributed by atoms with Gasteiger partial charge in [-0.1, -0.05) is 17.7 Å². The number of rotatable bonds is 5. The summed E-state index contributed by atoms with van der Waals surface area (Å²) < 4.78 is 5.41. The SMILES string of the molecule is CC(C)(COc1ccc(CN)c(Cl)c1)C(=O)O. The van der Waals surface area contributed by atoms with Gasteiger partial charge in [-0.05, 0) is 31.5 Å².